The minimum Gasteiger partial charge on any atom is -0.341 e. The Morgan fingerprint density at radius 2 is 1.90 bits per heavy atom. The van der Waals surface area contributed by atoms with Crippen LogP contribution in [-0.2, 0) is 7.05 Å². The molecule has 0 aliphatic carbocycles. The third-order valence-electron chi connectivity index (χ3n) is 5.37. The Kier molecular flexibility index (Phi) is 5.47. The van der Waals surface area contributed by atoms with Crippen LogP contribution in [0.4, 0.5) is 4.39 Å². The number of hydrogen-bond donors (Lipinski definition) is 2. The summed E-state index contributed by atoms with van der Waals surface area (Å²) < 4.78 is 15.1. The molecule has 0 amide bonds. The van der Waals surface area contributed by atoms with Gasteiger partial charge in [0.1, 0.15) is 16.7 Å². The Balaban J connectivity index is 1.55. The summed E-state index contributed by atoms with van der Waals surface area (Å²) in [7, 11) is 1.79. The standard InChI is InChI=1S/C21H21FN8S/c1-30-21(27-28-29-30)31-17-12-15(8-11-24-17)19-18(13-2-4-16(22)5-3-13)25-20(26-19)14-6-9-23-10-7-14/h2-5,8,11-12,14,23H,6-7,9-10H2,1H3,(H,25,26). The van der Waals surface area contributed by atoms with E-state index in [-0.39, 0.29) is 5.82 Å². The molecule has 0 atom stereocenters. The van der Waals surface area contributed by atoms with Gasteiger partial charge in [0, 0.05) is 30.3 Å². The number of pyridine rings is 1. The zero-order valence-corrected chi connectivity index (χ0v) is 17.7. The minimum absolute atomic E-state index is 0.265. The first-order valence-electron chi connectivity index (χ1n) is 10.1. The number of halogens is 1. The third-order valence-corrected chi connectivity index (χ3v) is 6.33. The number of aryl methyl sites for hydroxylation is 1. The van der Waals surface area contributed by atoms with E-state index in [1.807, 2.05) is 12.1 Å². The Hall–Kier alpha value is -3.11. The van der Waals surface area contributed by atoms with Crippen LogP contribution >= 0.6 is 11.8 Å². The molecule has 0 spiro atoms. The largest absolute Gasteiger partial charge is 0.341 e. The Morgan fingerprint density at radius 3 is 2.65 bits per heavy atom. The predicted molar refractivity (Wildman–Crippen MR) is 115 cm³/mol. The summed E-state index contributed by atoms with van der Waals surface area (Å²) in [6.45, 7) is 1.96. The number of nitrogens with zero attached hydrogens (tertiary/aromatic N) is 6. The maximum absolute atomic E-state index is 13.5. The number of piperidine rings is 1. The Bertz CT molecular complexity index is 1180. The lowest BCUT2D eigenvalue weighted by Gasteiger charge is -2.20. The number of aromatic nitrogens is 7. The first-order valence-corrected chi connectivity index (χ1v) is 10.9. The van der Waals surface area contributed by atoms with Crippen molar-refractivity contribution >= 4 is 11.8 Å². The summed E-state index contributed by atoms with van der Waals surface area (Å²) in [5.41, 5.74) is 3.55. The van der Waals surface area contributed by atoms with E-state index >= 15 is 0 Å². The van der Waals surface area contributed by atoms with Crippen LogP contribution < -0.4 is 5.32 Å². The normalized spacial score (nSPS) is 14.8. The highest BCUT2D eigenvalue weighted by atomic mass is 32.2. The molecule has 0 bridgehead atoms. The van der Waals surface area contributed by atoms with Crippen LogP contribution in [0.3, 0.4) is 0 Å². The number of rotatable bonds is 5. The van der Waals surface area contributed by atoms with Crippen molar-refractivity contribution in [1.82, 2.24) is 40.5 Å². The highest BCUT2D eigenvalue weighted by molar-refractivity contribution is 7.99. The van der Waals surface area contributed by atoms with Gasteiger partial charge in [0.05, 0.1) is 11.4 Å². The van der Waals surface area contributed by atoms with Crippen LogP contribution in [0.1, 0.15) is 24.6 Å². The monoisotopic (exact) mass is 436 g/mol. The zero-order valence-electron chi connectivity index (χ0n) is 16.9. The van der Waals surface area contributed by atoms with Crippen molar-refractivity contribution in [3.05, 3.63) is 54.2 Å². The summed E-state index contributed by atoms with van der Waals surface area (Å²) >= 11 is 1.39. The number of imidazole rings is 1. The molecule has 1 saturated heterocycles. The number of tetrazole rings is 1. The van der Waals surface area contributed by atoms with Gasteiger partial charge in [-0.1, -0.05) is 0 Å². The van der Waals surface area contributed by atoms with E-state index in [1.165, 1.54) is 23.9 Å². The molecule has 1 aromatic carbocycles. The van der Waals surface area contributed by atoms with E-state index in [2.05, 4.69) is 30.8 Å². The molecule has 0 saturated carbocycles. The fraction of sp³-hybridized carbons (Fsp3) is 0.286. The zero-order chi connectivity index (χ0) is 21.2. The molecule has 8 nitrogen and oxygen atoms in total. The Morgan fingerprint density at radius 1 is 1.10 bits per heavy atom. The molecular weight excluding hydrogens is 415 g/mol. The fourth-order valence-electron chi connectivity index (χ4n) is 3.73. The van der Waals surface area contributed by atoms with Gasteiger partial charge in [-0.2, -0.15) is 0 Å². The Labute approximate surface area is 182 Å². The molecule has 158 valence electrons. The van der Waals surface area contributed by atoms with E-state index in [0.29, 0.717) is 11.1 Å². The summed E-state index contributed by atoms with van der Waals surface area (Å²) in [5.74, 6) is 1.08. The molecule has 2 N–H and O–H groups in total. The topological polar surface area (TPSA) is 97.2 Å². The predicted octanol–water partition coefficient (Wildman–Crippen LogP) is 3.42. The number of benzene rings is 1. The lowest BCUT2D eigenvalue weighted by atomic mass is 9.98. The SMILES string of the molecule is Cn1nnnc1Sc1cc(-c2[nH]c(C3CCNCC3)nc2-c2ccc(F)cc2)ccn1. The number of H-pyrrole nitrogens is 1. The molecule has 3 aromatic heterocycles. The lowest BCUT2D eigenvalue weighted by molar-refractivity contribution is 0.447. The molecule has 0 unspecified atom stereocenters. The maximum Gasteiger partial charge on any atom is 0.215 e. The van der Waals surface area contributed by atoms with Gasteiger partial charge in [0.2, 0.25) is 5.16 Å². The second-order valence-corrected chi connectivity index (χ2v) is 8.43. The lowest BCUT2D eigenvalue weighted by Crippen LogP contribution is -2.27. The van der Waals surface area contributed by atoms with E-state index < -0.39 is 0 Å². The second-order valence-electron chi connectivity index (χ2n) is 7.45. The maximum atomic E-state index is 13.5. The van der Waals surface area contributed by atoms with Crippen molar-refractivity contribution in [2.24, 2.45) is 7.05 Å². The van der Waals surface area contributed by atoms with Gasteiger partial charge in [-0.15, -0.1) is 5.10 Å². The molecule has 0 radical (unpaired) electrons. The van der Waals surface area contributed by atoms with Crippen molar-refractivity contribution in [2.45, 2.75) is 28.9 Å². The molecule has 5 rings (SSSR count). The number of aromatic amines is 1. The summed E-state index contributed by atoms with van der Waals surface area (Å²) in [5, 5.41) is 16.4. The summed E-state index contributed by atoms with van der Waals surface area (Å²) in [6.07, 6.45) is 3.83. The van der Waals surface area contributed by atoms with Gasteiger partial charge in [-0.3, -0.25) is 0 Å². The van der Waals surface area contributed by atoms with Crippen molar-refractivity contribution < 1.29 is 4.39 Å². The van der Waals surface area contributed by atoms with Crippen LogP contribution in [0.15, 0.2) is 52.8 Å². The first-order chi connectivity index (χ1) is 15.2. The van der Waals surface area contributed by atoms with E-state index in [0.717, 1.165) is 59.3 Å². The molecule has 1 fully saturated rings. The smallest absolute Gasteiger partial charge is 0.215 e. The van der Waals surface area contributed by atoms with Gasteiger partial charge in [-0.05, 0) is 84.5 Å². The van der Waals surface area contributed by atoms with Crippen LogP contribution in [0, 0.1) is 5.82 Å². The van der Waals surface area contributed by atoms with E-state index in [9.17, 15) is 4.39 Å². The molecular formula is C21H21FN8S. The molecule has 1 aliphatic heterocycles. The summed E-state index contributed by atoms with van der Waals surface area (Å²) in [6, 6.07) is 10.4. The third kappa shape index (κ3) is 4.21. The van der Waals surface area contributed by atoms with Gasteiger partial charge in [-0.25, -0.2) is 19.0 Å². The quantitative estimate of drug-likeness (QED) is 0.495. The second kappa shape index (κ2) is 8.56. The molecule has 10 heteroatoms. The highest BCUT2D eigenvalue weighted by Gasteiger charge is 2.22. The van der Waals surface area contributed by atoms with E-state index in [4.69, 9.17) is 4.98 Å². The van der Waals surface area contributed by atoms with Gasteiger partial charge in [0.25, 0.3) is 0 Å². The molecule has 4 heterocycles. The summed E-state index contributed by atoms with van der Waals surface area (Å²) in [4.78, 5) is 13.0. The molecule has 1 aliphatic rings. The fourth-order valence-corrected chi connectivity index (χ4v) is 4.46. The minimum atomic E-state index is -0.265. The van der Waals surface area contributed by atoms with Crippen LogP contribution in [0.2, 0.25) is 0 Å². The van der Waals surface area contributed by atoms with Crippen LogP contribution in [0.25, 0.3) is 22.5 Å². The number of hydrogen-bond acceptors (Lipinski definition) is 7. The van der Waals surface area contributed by atoms with Crippen molar-refractivity contribution in [1.29, 1.82) is 0 Å². The van der Waals surface area contributed by atoms with Crippen molar-refractivity contribution in [2.75, 3.05) is 13.1 Å². The average Bonchev–Trinajstić information content (AvgIpc) is 3.42. The van der Waals surface area contributed by atoms with E-state index in [1.54, 1.807) is 30.1 Å². The highest BCUT2D eigenvalue weighted by Crippen LogP contribution is 2.35. The van der Waals surface area contributed by atoms with Crippen LogP contribution in [-0.4, -0.2) is 48.2 Å². The van der Waals surface area contributed by atoms with Gasteiger partial charge in [0.15, 0.2) is 0 Å². The molecule has 4 aromatic rings. The van der Waals surface area contributed by atoms with Gasteiger partial charge < -0.3 is 10.3 Å². The van der Waals surface area contributed by atoms with Crippen LogP contribution in [0.5, 0.6) is 0 Å². The van der Waals surface area contributed by atoms with Crippen molar-refractivity contribution in [3.63, 3.8) is 0 Å². The van der Waals surface area contributed by atoms with Crippen molar-refractivity contribution in [3.8, 4) is 22.5 Å². The average molecular weight is 437 g/mol. The number of nitrogens with one attached hydrogen (secondary N) is 2. The molecule has 31 heavy (non-hydrogen) atoms. The van der Waals surface area contributed by atoms with Gasteiger partial charge >= 0.3 is 0 Å². The first kappa shape index (κ1) is 19.8.